The number of carbonyl (C=O) groups is 1. The number of carbonyl (C=O) groups excluding carboxylic acids is 1. The molecule has 0 bridgehead atoms. The molecule has 25 heavy (non-hydrogen) atoms. The van der Waals surface area contributed by atoms with Crippen molar-refractivity contribution in [3.8, 4) is 0 Å². The average Bonchev–Trinajstić information content (AvgIpc) is 2.92. The highest BCUT2D eigenvalue weighted by molar-refractivity contribution is 6.62. The third-order valence-corrected chi connectivity index (χ3v) is 4.66. The van der Waals surface area contributed by atoms with Gasteiger partial charge in [0, 0.05) is 11.6 Å². The number of aromatic nitrogens is 2. The van der Waals surface area contributed by atoms with E-state index in [1.807, 2.05) is 66.7 Å². The SMILES string of the molecule is CC(C)(C)OC(=O)n1c(B2OC(C)(C)C(C)(C)O2)cc2cccnc21. The maximum absolute atomic E-state index is 12.8. The van der Waals surface area contributed by atoms with Gasteiger partial charge in [0.1, 0.15) is 11.2 Å². The predicted molar refractivity (Wildman–Crippen MR) is 97.1 cm³/mol. The third kappa shape index (κ3) is 3.18. The van der Waals surface area contributed by atoms with E-state index in [2.05, 4.69) is 4.98 Å². The quantitative estimate of drug-likeness (QED) is 0.744. The molecule has 3 heterocycles. The minimum Gasteiger partial charge on any atom is -0.443 e. The zero-order chi connectivity index (χ0) is 18.6. The summed E-state index contributed by atoms with van der Waals surface area (Å²) < 4.78 is 19.3. The Labute approximate surface area is 148 Å². The van der Waals surface area contributed by atoms with Gasteiger partial charge in [0.2, 0.25) is 0 Å². The van der Waals surface area contributed by atoms with Crippen molar-refractivity contribution in [3.63, 3.8) is 0 Å². The lowest BCUT2D eigenvalue weighted by Crippen LogP contribution is -2.43. The molecular weight excluding hydrogens is 319 g/mol. The van der Waals surface area contributed by atoms with E-state index in [1.54, 1.807) is 6.20 Å². The van der Waals surface area contributed by atoms with Gasteiger partial charge in [0.05, 0.1) is 16.8 Å². The second-order valence-corrected chi connectivity index (χ2v) is 8.39. The van der Waals surface area contributed by atoms with Crippen LogP contribution in [0.4, 0.5) is 4.79 Å². The number of ether oxygens (including phenoxy) is 1. The summed E-state index contributed by atoms with van der Waals surface area (Å²) in [5, 5.41) is 0.832. The number of rotatable bonds is 1. The maximum atomic E-state index is 12.8. The van der Waals surface area contributed by atoms with Crippen LogP contribution in [0.3, 0.4) is 0 Å². The first-order valence-electron chi connectivity index (χ1n) is 8.47. The highest BCUT2D eigenvalue weighted by Crippen LogP contribution is 2.36. The van der Waals surface area contributed by atoms with Crippen molar-refractivity contribution in [3.05, 3.63) is 24.4 Å². The van der Waals surface area contributed by atoms with Gasteiger partial charge in [0.25, 0.3) is 0 Å². The Morgan fingerprint density at radius 3 is 2.36 bits per heavy atom. The summed E-state index contributed by atoms with van der Waals surface area (Å²) in [6.45, 7) is 13.4. The molecule has 0 unspecified atom stereocenters. The summed E-state index contributed by atoms with van der Waals surface area (Å²) in [4.78, 5) is 17.2. The Morgan fingerprint density at radius 2 is 1.80 bits per heavy atom. The van der Waals surface area contributed by atoms with Gasteiger partial charge in [-0.1, -0.05) is 0 Å². The second kappa shape index (κ2) is 5.57. The Morgan fingerprint density at radius 1 is 1.20 bits per heavy atom. The van der Waals surface area contributed by atoms with E-state index < -0.39 is 30.0 Å². The van der Waals surface area contributed by atoms with Gasteiger partial charge in [-0.15, -0.1) is 0 Å². The highest BCUT2D eigenvalue weighted by atomic mass is 16.7. The molecule has 7 heteroatoms. The standard InChI is InChI=1S/C18H25BN2O4/c1-16(2,3)23-15(22)21-13(11-12-9-8-10-20-14(12)21)19-24-17(4,5)18(6,7)25-19/h8-11H,1-7H3. The van der Waals surface area contributed by atoms with E-state index in [4.69, 9.17) is 14.0 Å². The summed E-state index contributed by atoms with van der Waals surface area (Å²) in [6, 6.07) is 5.60. The van der Waals surface area contributed by atoms with Crippen LogP contribution in [0.15, 0.2) is 24.4 Å². The van der Waals surface area contributed by atoms with Crippen molar-refractivity contribution in [1.29, 1.82) is 0 Å². The molecule has 0 amide bonds. The van der Waals surface area contributed by atoms with Gasteiger partial charge in [-0.2, -0.15) is 0 Å². The van der Waals surface area contributed by atoms with Crippen LogP contribution < -0.4 is 5.59 Å². The van der Waals surface area contributed by atoms with Gasteiger partial charge in [-0.25, -0.2) is 14.3 Å². The smallest absolute Gasteiger partial charge is 0.443 e. The molecule has 0 aliphatic carbocycles. The molecule has 0 spiro atoms. The van der Waals surface area contributed by atoms with Crippen molar-refractivity contribution in [1.82, 2.24) is 9.55 Å². The lowest BCUT2D eigenvalue weighted by molar-refractivity contribution is 0.00578. The van der Waals surface area contributed by atoms with Gasteiger partial charge in [-0.05, 0) is 66.7 Å². The van der Waals surface area contributed by atoms with E-state index in [9.17, 15) is 4.79 Å². The maximum Gasteiger partial charge on any atom is 0.513 e. The van der Waals surface area contributed by atoms with Crippen LogP contribution in [0.25, 0.3) is 11.0 Å². The Kier molecular flexibility index (Phi) is 4.00. The molecule has 0 N–H and O–H groups in total. The van der Waals surface area contributed by atoms with Crippen molar-refractivity contribution in [2.75, 3.05) is 0 Å². The molecular formula is C18H25BN2O4. The first-order chi connectivity index (χ1) is 11.4. The molecule has 3 rings (SSSR count). The molecule has 0 radical (unpaired) electrons. The number of nitrogens with zero attached hydrogens (tertiary/aromatic N) is 2. The lowest BCUT2D eigenvalue weighted by atomic mass is 9.84. The van der Waals surface area contributed by atoms with Crippen LogP contribution in [0, 0.1) is 0 Å². The molecule has 1 aliphatic rings. The summed E-state index contributed by atoms with van der Waals surface area (Å²) in [5.74, 6) is 0. The summed E-state index contributed by atoms with van der Waals surface area (Å²) in [6.07, 6.45) is 1.16. The zero-order valence-electron chi connectivity index (χ0n) is 15.9. The minimum atomic E-state index is -0.674. The van der Waals surface area contributed by atoms with Gasteiger partial charge < -0.3 is 14.0 Å². The Hall–Kier alpha value is -1.86. The van der Waals surface area contributed by atoms with Crippen LogP contribution in [0.2, 0.25) is 0 Å². The van der Waals surface area contributed by atoms with Crippen molar-refractivity contribution in [2.24, 2.45) is 0 Å². The van der Waals surface area contributed by atoms with E-state index in [1.165, 1.54) is 4.57 Å². The zero-order valence-corrected chi connectivity index (χ0v) is 15.9. The topological polar surface area (TPSA) is 62.6 Å². The van der Waals surface area contributed by atoms with Crippen LogP contribution in [0.1, 0.15) is 48.5 Å². The van der Waals surface area contributed by atoms with Crippen molar-refractivity contribution in [2.45, 2.75) is 65.3 Å². The number of pyridine rings is 1. The van der Waals surface area contributed by atoms with Gasteiger partial charge in [0.15, 0.2) is 0 Å². The summed E-state index contributed by atoms with van der Waals surface area (Å²) in [5.41, 5.74) is -0.501. The minimum absolute atomic E-state index is 0.495. The van der Waals surface area contributed by atoms with Crippen LogP contribution in [-0.4, -0.2) is 39.6 Å². The Balaban J connectivity index is 2.10. The Bertz CT molecular complexity index is 804. The molecule has 1 fully saturated rings. The molecule has 0 atom stereocenters. The largest absolute Gasteiger partial charge is 0.513 e. The van der Waals surface area contributed by atoms with E-state index >= 15 is 0 Å². The molecule has 0 saturated carbocycles. The second-order valence-electron chi connectivity index (χ2n) is 8.39. The van der Waals surface area contributed by atoms with Crippen molar-refractivity contribution >= 4 is 29.8 Å². The van der Waals surface area contributed by atoms with Crippen molar-refractivity contribution < 1.29 is 18.8 Å². The van der Waals surface area contributed by atoms with E-state index in [0.717, 1.165) is 5.39 Å². The van der Waals surface area contributed by atoms with E-state index in [-0.39, 0.29) is 0 Å². The average molecular weight is 344 g/mol. The first-order valence-corrected chi connectivity index (χ1v) is 8.47. The monoisotopic (exact) mass is 344 g/mol. The molecule has 2 aromatic heterocycles. The lowest BCUT2D eigenvalue weighted by Gasteiger charge is -2.32. The summed E-state index contributed by atoms with van der Waals surface area (Å²) in [7, 11) is -0.674. The molecule has 6 nitrogen and oxygen atoms in total. The highest BCUT2D eigenvalue weighted by Gasteiger charge is 2.53. The number of hydrogen-bond donors (Lipinski definition) is 0. The predicted octanol–water partition coefficient (Wildman–Crippen LogP) is 3.12. The first kappa shape index (κ1) is 18.0. The molecule has 1 saturated heterocycles. The number of hydrogen-bond acceptors (Lipinski definition) is 5. The van der Waals surface area contributed by atoms with Crippen LogP contribution >= 0.6 is 0 Å². The summed E-state index contributed by atoms with van der Waals surface area (Å²) >= 11 is 0. The fourth-order valence-electron chi connectivity index (χ4n) is 2.69. The normalized spacial score (nSPS) is 19.4. The molecule has 1 aliphatic heterocycles. The van der Waals surface area contributed by atoms with Crippen LogP contribution in [-0.2, 0) is 14.0 Å². The fraction of sp³-hybridized carbons (Fsp3) is 0.556. The van der Waals surface area contributed by atoms with Gasteiger partial charge >= 0.3 is 13.2 Å². The molecule has 134 valence electrons. The molecule has 0 aromatic carbocycles. The fourth-order valence-corrected chi connectivity index (χ4v) is 2.69. The third-order valence-electron chi connectivity index (χ3n) is 4.66. The van der Waals surface area contributed by atoms with Gasteiger partial charge in [-0.3, -0.25) is 0 Å². The number of fused-ring (bicyclic) bond motifs is 1. The van der Waals surface area contributed by atoms with Crippen LogP contribution in [0.5, 0.6) is 0 Å². The molecule has 2 aromatic rings. The van der Waals surface area contributed by atoms with E-state index in [0.29, 0.717) is 11.2 Å².